The maximum atomic E-state index is 5.66. The first kappa shape index (κ1) is 10.6. The van der Waals surface area contributed by atoms with Crippen molar-refractivity contribution in [1.82, 2.24) is 10.1 Å². The molecule has 0 bridgehead atoms. The molecule has 2 unspecified atom stereocenters. The fourth-order valence-corrected chi connectivity index (χ4v) is 1.74. The first-order valence-electron chi connectivity index (χ1n) is 5.39. The highest BCUT2D eigenvalue weighted by Gasteiger charge is 2.19. The number of hydrogen-bond donors (Lipinski definition) is 1. The van der Waals surface area contributed by atoms with E-state index in [-0.39, 0.29) is 6.04 Å². The lowest BCUT2D eigenvalue weighted by Crippen LogP contribution is -2.18. The number of aromatic nitrogens is 2. The standard InChI is InChI=1S/C10H17N3O2/c1-7(11)4-9-12-10(15-13-9)5-8-2-3-14-6-8/h7-8H,2-6,11H2,1H3. The molecule has 0 spiro atoms. The van der Waals surface area contributed by atoms with E-state index >= 15 is 0 Å². The predicted molar refractivity (Wildman–Crippen MR) is 54.3 cm³/mol. The van der Waals surface area contributed by atoms with Crippen molar-refractivity contribution in [1.29, 1.82) is 0 Å². The molecule has 0 aromatic carbocycles. The first-order valence-corrected chi connectivity index (χ1v) is 5.39. The summed E-state index contributed by atoms with van der Waals surface area (Å²) in [5, 5.41) is 3.89. The van der Waals surface area contributed by atoms with Gasteiger partial charge < -0.3 is 15.0 Å². The fourth-order valence-electron chi connectivity index (χ4n) is 1.74. The van der Waals surface area contributed by atoms with Crippen molar-refractivity contribution in [3.63, 3.8) is 0 Å². The molecule has 0 saturated carbocycles. The maximum absolute atomic E-state index is 5.66. The quantitative estimate of drug-likeness (QED) is 0.786. The van der Waals surface area contributed by atoms with E-state index in [0.717, 1.165) is 26.1 Å². The topological polar surface area (TPSA) is 74.2 Å². The van der Waals surface area contributed by atoms with Crippen LogP contribution in [0.1, 0.15) is 25.1 Å². The van der Waals surface area contributed by atoms with Crippen LogP contribution in [0.15, 0.2) is 4.52 Å². The van der Waals surface area contributed by atoms with Crippen LogP contribution in [-0.2, 0) is 17.6 Å². The van der Waals surface area contributed by atoms with Crippen molar-refractivity contribution in [2.45, 2.75) is 32.2 Å². The molecule has 2 N–H and O–H groups in total. The molecule has 1 aliphatic rings. The highest BCUT2D eigenvalue weighted by Crippen LogP contribution is 2.17. The van der Waals surface area contributed by atoms with Gasteiger partial charge in [-0.15, -0.1) is 0 Å². The highest BCUT2D eigenvalue weighted by molar-refractivity contribution is 4.90. The molecule has 0 radical (unpaired) electrons. The van der Waals surface area contributed by atoms with Gasteiger partial charge in [-0.3, -0.25) is 0 Å². The Morgan fingerprint density at radius 2 is 2.47 bits per heavy atom. The summed E-state index contributed by atoms with van der Waals surface area (Å²) in [6.45, 7) is 3.59. The molecule has 0 amide bonds. The predicted octanol–water partition coefficient (Wildman–Crippen LogP) is 0.538. The van der Waals surface area contributed by atoms with E-state index in [4.69, 9.17) is 15.0 Å². The summed E-state index contributed by atoms with van der Waals surface area (Å²) in [6, 6.07) is 0.0743. The Balaban J connectivity index is 1.88. The second kappa shape index (κ2) is 4.72. The summed E-state index contributed by atoms with van der Waals surface area (Å²) in [4.78, 5) is 4.30. The van der Waals surface area contributed by atoms with Gasteiger partial charge in [0.15, 0.2) is 5.82 Å². The molecular formula is C10H17N3O2. The van der Waals surface area contributed by atoms with E-state index in [2.05, 4.69) is 10.1 Å². The van der Waals surface area contributed by atoms with Gasteiger partial charge in [0.25, 0.3) is 0 Å². The molecule has 15 heavy (non-hydrogen) atoms. The van der Waals surface area contributed by atoms with Crippen LogP contribution in [0.25, 0.3) is 0 Å². The van der Waals surface area contributed by atoms with Crippen molar-refractivity contribution in [2.75, 3.05) is 13.2 Å². The van der Waals surface area contributed by atoms with E-state index in [1.807, 2.05) is 6.92 Å². The molecule has 84 valence electrons. The normalized spacial score (nSPS) is 23.2. The second-order valence-corrected chi connectivity index (χ2v) is 4.22. The molecule has 2 rings (SSSR count). The van der Waals surface area contributed by atoms with Crippen LogP contribution in [0.4, 0.5) is 0 Å². The van der Waals surface area contributed by atoms with Crippen LogP contribution < -0.4 is 5.73 Å². The zero-order valence-corrected chi connectivity index (χ0v) is 8.98. The van der Waals surface area contributed by atoms with Crippen LogP contribution in [0.5, 0.6) is 0 Å². The number of ether oxygens (including phenoxy) is 1. The van der Waals surface area contributed by atoms with Crippen molar-refractivity contribution in [3.8, 4) is 0 Å². The van der Waals surface area contributed by atoms with Gasteiger partial charge in [0.2, 0.25) is 5.89 Å². The maximum Gasteiger partial charge on any atom is 0.227 e. The van der Waals surface area contributed by atoms with Crippen molar-refractivity contribution in [2.24, 2.45) is 11.7 Å². The van der Waals surface area contributed by atoms with E-state index in [0.29, 0.717) is 24.1 Å². The molecule has 5 nitrogen and oxygen atoms in total. The monoisotopic (exact) mass is 211 g/mol. The number of hydrogen-bond acceptors (Lipinski definition) is 5. The Labute approximate surface area is 89.0 Å². The van der Waals surface area contributed by atoms with Gasteiger partial charge >= 0.3 is 0 Å². The van der Waals surface area contributed by atoms with Crippen LogP contribution in [0, 0.1) is 5.92 Å². The van der Waals surface area contributed by atoms with Gasteiger partial charge in [-0.05, 0) is 19.3 Å². The summed E-state index contributed by atoms with van der Waals surface area (Å²) in [5.74, 6) is 1.95. The van der Waals surface area contributed by atoms with Gasteiger partial charge in [0.1, 0.15) is 0 Å². The van der Waals surface area contributed by atoms with Crippen molar-refractivity contribution >= 4 is 0 Å². The minimum atomic E-state index is 0.0743. The molecule has 1 fully saturated rings. The Bertz CT molecular complexity index is 305. The Kier molecular flexibility index (Phi) is 3.33. The second-order valence-electron chi connectivity index (χ2n) is 4.22. The molecule has 1 aromatic heterocycles. The van der Waals surface area contributed by atoms with Crippen LogP contribution in [-0.4, -0.2) is 29.4 Å². The van der Waals surface area contributed by atoms with E-state index in [9.17, 15) is 0 Å². The van der Waals surface area contributed by atoms with Gasteiger partial charge in [-0.25, -0.2) is 0 Å². The minimum Gasteiger partial charge on any atom is -0.381 e. The van der Waals surface area contributed by atoms with Gasteiger partial charge in [0, 0.05) is 32.1 Å². The lowest BCUT2D eigenvalue weighted by atomic mass is 10.1. The number of nitrogens with zero attached hydrogens (tertiary/aromatic N) is 2. The van der Waals surface area contributed by atoms with E-state index in [1.54, 1.807) is 0 Å². The largest absolute Gasteiger partial charge is 0.381 e. The third-order valence-electron chi connectivity index (χ3n) is 2.50. The Hall–Kier alpha value is -0.940. The lowest BCUT2D eigenvalue weighted by Gasteiger charge is -2.01. The lowest BCUT2D eigenvalue weighted by molar-refractivity contribution is 0.183. The summed E-state index contributed by atoms with van der Waals surface area (Å²) in [7, 11) is 0. The molecule has 5 heteroatoms. The van der Waals surface area contributed by atoms with Crippen LogP contribution in [0.2, 0.25) is 0 Å². The van der Waals surface area contributed by atoms with Gasteiger partial charge in [-0.1, -0.05) is 5.16 Å². The zero-order valence-electron chi connectivity index (χ0n) is 8.98. The fraction of sp³-hybridized carbons (Fsp3) is 0.800. The smallest absolute Gasteiger partial charge is 0.227 e. The van der Waals surface area contributed by atoms with Gasteiger partial charge in [0.05, 0.1) is 0 Å². The molecule has 1 aromatic rings. The Morgan fingerprint density at radius 3 is 3.13 bits per heavy atom. The summed E-state index contributed by atoms with van der Waals surface area (Å²) in [5.41, 5.74) is 5.66. The summed E-state index contributed by atoms with van der Waals surface area (Å²) < 4.78 is 10.4. The van der Waals surface area contributed by atoms with Crippen LogP contribution in [0.3, 0.4) is 0 Å². The van der Waals surface area contributed by atoms with E-state index in [1.165, 1.54) is 0 Å². The third-order valence-corrected chi connectivity index (χ3v) is 2.50. The average molecular weight is 211 g/mol. The number of nitrogens with two attached hydrogens (primary N) is 1. The number of rotatable bonds is 4. The molecule has 1 saturated heterocycles. The zero-order chi connectivity index (χ0) is 10.7. The third kappa shape index (κ3) is 3.00. The molecule has 0 aliphatic carbocycles. The minimum absolute atomic E-state index is 0.0743. The molecule has 2 atom stereocenters. The van der Waals surface area contributed by atoms with Gasteiger partial charge in [-0.2, -0.15) is 4.98 Å². The SMILES string of the molecule is CC(N)Cc1noc(CC2CCOC2)n1. The van der Waals surface area contributed by atoms with E-state index < -0.39 is 0 Å². The van der Waals surface area contributed by atoms with Crippen molar-refractivity contribution in [3.05, 3.63) is 11.7 Å². The molecule has 1 aliphatic heterocycles. The highest BCUT2D eigenvalue weighted by atomic mass is 16.5. The molecule has 2 heterocycles. The molecular weight excluding hydrogens is 194 g/mol. The first-order chi connectivity index (χ1) is 7.24. The summed E-state index contributed by atoms with van der Waals surface area (Å²) >= 11 is 0. The van der Waals surface area contributed by atoms with Crippen molar-refractivity contribution < 1.29 is 9.26 Å². The Morgan fingerprint density at radius 1 is 1.60 bits per heavy atom. The average Bonchev–Trinajstić information content (AvgIpc) is 2.77. The summed E-state index contributed by atoms with van der Waals surface area (Å²) in [6.07, 6.45) is 2.58. The van der Waals surface area contributed by atoms with Crippen LogP contribution >= 0.6 is 0 Å².